The second kappa shape index (κ2) is 5.95. The van der Waals surface area contributed by atoms with Crippen LogP contribution in [0.3, 0.4) is 0 Å². The van der Waals surface area contributed by atoms with Gasteiger partial charge in [0.25, 0.3) is 0 Å². The summed E-state index contributed by atoms with van der Waals surface area (Å²) >= 11 is 0. The van der Waals surface area contributed by atoms with Gasteiger partial charge in [-0.3, -0.25) is 0 Å². The molecule has 0 bridgehead atoms. The van der Waals surface area contributed by atoms with E-state index in [1.807, 2.05) is 19.1 Å². The van der Waals surface area contributed by atoms with Crippen LogP contribution in [-0.4, -0.2) is 37.0 Å². The Balaban J connectivity index is 2.36. The predicted octanol–water partition coefficient (Wildman–Crippen LogP) is 2.28. The number of ether oxygens (including phenoxy) is 2. The first-order valence-electron chi connectivity index (χ1n) is 6.19. The minimum Gasteiger partial charge on any atom is -0.364 e. The van der Waals surface area contributed by atoms with Gasteiger partial charge in [0.05, 0.1) is 12.1 Å². The van der Waals surface area contributed by atoms with E-state index in [1.165, 1.54) is 0 Å². The van der Waals surface area contributed by atoms with Crippen molar-refractivity contribution >= 4 is 16.7 Å². The van der Waals surface area contributed by atoms with Gasteiger partial charge in [0.1, 0.15) is 11.6 Å². The highest BCUT2D eigenvalue weighted by Crippen LogP contribution is 2.23. The third-order valence-electron chi connectivity index (χ3n) is 3.01. The van der Waals surface area contributed by atoms with E-state index in [9.17, 15) is 0 Å². The van der Waals surface area contributed by atoms with Gasteiger partial charge in [-0.25, -0.2) is 9.97 Å². The van der Waals surface area contributed by atoms with E-state index in [0.29, 0.717) is 6.54 Å². The van der Waals surface area contributed by atoms with Crippen LogP contribution in [0.25, 0.3) is 10.9 Å². The Hall–Kier alpha value is -1.72. The molecule has 2 aromatic rings. The van der Waals surface area contributed by atoms with Gasteiger partial charge in [0.15, 0.2) is 6.29 Å². The standard InChI is InChI=1S/C14H19N3O2/c1-9-6-5-7-11-13(9)14(17-10(2)16-11)15-8-12(18-3)19-4/h5-7,12H,8H2,1-4H3,(H,15,16,17). The molecular formula is C14H19N3O2. The lowest BCUT2D eigenvalue weighted by Crippen LogP contribution is -2.24. The number of hydrogen-bond acceptors (Lipinski definition) is 5. The van der Waals surface area contributed by atoms with Crippen molar-refractivity contribution in [3.05, 3.63) is 29.6 Å². The predicted molar refractivity (Wildman–Crippen MR) is 75.3 cm³/mol. The Morgan fingerprint density at radius 3 is 2.58 bits per heavy atom. The van der Waals surface area contributed by atoms with Gasteiger partial charge < -0.3 is 14.8 Å². The van der Waals surface area contributed by atoms with E-state index < -0.39 is 0 Å². The minimum absolute atomic E-state index is 0.297. The lowest BCUT2D eigenvalue weighted by Gasteiger charge is -2.16. The first kappa shape index (κ1) is 13.7. The van der Waals surface area contributed by atoms with Gasteiger partial charge in [-0.2, -0.15) is 0 Å². The number of nitrogens with zero attached hydrogens (tertiary/aromatic N) is 2. The van der Waals surface area contributed by atoms with E-state index in [4.69, 9.17) is 9.47 Å². The van der Waals surface area contributed by atoms with Crippen molar-refractivity contribution in [2.45, 2.75) is 20.1 Å². The molecule has 0 aliphatic heterocycles. The Morgan fingerprint density at radius 1 is 1.16 bits per heavy atom. The zero-order valence-electron chi connectivity index (χ0n) is 11.7. The fourth-order valence-electron chi connectivity index (χ4n) is 2.04. The molecule has 19 heavy (non-hydrogen) atoms. The Morgan fingerprint density at radius 2 is 1.89 bits per heavy atom. The molecule has 1 aromatic heterocycles. The van der Waals surface area contributed by atoms with Crippen LogP contribution < -0.4 is 5.32 Å². The highest BCUT2D eigenvalue weighted by molar-refractivity contribution is 5.91. The molecule has 0 fully saturated rings. The average molecular weight is 261 g/mol. The molecule has 102 valence electrons. The molecule has 2 rings (SSSR count). The molecule has 0 aliphatic carbocycles. The summed E-state index contributed by atoms with van der Waals surface area (Å²) in [6, 6.07) is 6.05. The zero-order chi connectivity index (χ0) is 13.8. The van der Waals surface area contributed by atoms with Gasteiger partial charge in [-0.1, -0.05) is 12.1 Å². The molecule has 0 radical (unpaired) electrons. The fraction of sp³-hybridized carbons (Fsp3) is 0.429. The molecule has 5 heteroatoms. The van der Waals surface area contributed by atoms with Crippen LogP contribution in [0, 0.1) is 13.8 Å². The van der Waals surface area contributed by atoms with E-state index in [1.54, 1.807) is 14.2 Å². The van der Waals surface area contributed by atoms with Crippen LogP contribution in [-0.2, 0) is 9.47 Å². The van der Waals surface area contributed by atoms with Gasteiger partial charge in [-0.05, 0) is 25.5 Å². The van der Waals surface area contributed by atoms with Crippen LogP contribution in [0.4, 0.5) is 5.82 Å². The molecular weight excluding hydrogens is 242 g/mol. The van der Waals surface area contributed by atoms with Crippen molar-refractivity contribution < 1.29 is 9.47 Å². The summed E-state index contributed by atoms with van der Waals surface area (Å²) in [4.78, 5) is 8.92. The number of methoxy groups -OCH3 is 2. The molecule has 0 amide bonds. The van der Waals surface area contributed by atoms with Gasteiger partial charge in [0, 0.05) is 19.6 Å². The second-order valence-corrected chi connectivity index (χ2v) is 4.37. The van der Waals surface area contributed by atoms with Crippen molar-refractivity contribution in [2.24, 2.45) is 0 Å². The quantitative estimate of drug-likeness (QED) is 0.837. The van der Waals surface area contributed by atoms with Crippen LogP contribution in [0.5, 0.6) is 0 Å². The summed E-state index contributed by atoms with van der Waals surface area (Å²) < 4.78 is 10.3. The summed E-state index contributed by atoms with van der Waals surface area (Å²) in [5.41, 5.74) is 2.09. The number of nitrogens with one attached hydrogen (secondary N) is 1. The molecule has 5 nitrogen and oxygen atoms in total. The number of fused-ring (bicyclic) bond motifs is 1. The van der Waals surface area contributed by atoms with Crippen molar-refractivity contribution in [3.8, 4) is 0 Å². The van der Waals surface area contributed by atoms with Crippen LogP contribution in [0.2, 0.25) is 0 Å². The number of hydrogen-bond donors (Lipinski definition) is 1. The number of aromatic nitrogens is 2. The largest absolute Gasteiger partial charge is 0.364 e. The third-order valence-corrected chi connectivity index (χ3v) is 3.01. The lowest BCUT2D eigenvalue weighted by molar-refractivity contribution is -0.0914. The molecule has 0 atom stereocenters. The summed E-state index contributed by atoms with van der Waals surface area (Å²) in [5, 5.41) is 4.31. The monoisotopic (exact) mass is 261 g/mol. The Labute approximate surface area is 113 Å². The first-order chi connectivity index (χ1) is 9.15. The fourth-order valence-corrected chi connectivity index (χ4v) is 2.04. The summed E-state index contributed by atoms with van der Waals surface area (Å²) in [7, 11) is 3.23. The third kappa shape index (κ3) is 3.00. The van der Waals surface area contributed by atoms with Crippen LogP contribution >= 0.6 is 0 Å². The molecule has 0 saturated heterocycles. The van der Waals surface area contributed by atoms with Crippen molar-refractivity contribution in [2.75, 3.05) is 26.1 Å². The second-order valence-electron chi connectivity index (χ2n) is 4.37. The topological polar surface area (TPSA) is 56.3 Å². The van der Waals surface area contributed by atoms with Gasteiger partial charge in [0.2, 0.25) is 0 Å². The summed E-state index contributed by atoms with van der Waals surface area (Å²) in [6.45, 7) is 4.47. The maximum absolute atomic E-state index is 5.17. The molecule has 0 aliphatic rings. The van der Waals surface area contributed by atoms with Crippen molar-refractivity contribution in [1.29, 1.82) is 0 Å². The maximum Gasteiger partial charge on any atom is 0.173 e. The number of benzene rings is 1. The highest BCUT2D eigenvalue weighted by Gasteiger charge is 2.10. The van der Waals surface area contributed by atoms with E-state index in [-0.39, 0.29) is 6.29 Å². The van der Waals surface area contributed by atoms with E-state index in [0.717, 1.165) is 28.1 Å². The van der Waals surface area contributed by atoms with Crippen molar-refractivity contribution in [1.82, 2.24) is 9.97 Å². The minimum atomic E-state index is -0.297. The van der Waals surface area contributed by atoms with E-state index in [2.05, 4.69) is 28.3 Å². The van der Waals surface area contributed by atoms with Gasteiger partial charge in [-0.15, -0.1) is 0 Å². The maximum atomic E-state index is 5.17. The summed E-state index contributed by atoms with van der Waals surface area (Å²) in [5.74, 6) is 1.56. The molecule has 0 unspecified atom stereocenters. The first-order valence-corrected chi connectivity index (χ1v) is 6.19. The number of anilines is 1. The van der Waals surface area contributed by atoms with Crippen molar-refractivity contribution in [3.63, 3.8) is 0 Å². The SMILES string of the molecule is COC(CNc1nc(C)nc2cccc(C)c12)OC. The average Bonchev–Trinajstić information content (AvgIpc) is 2.39. The number of aryl methyl sites for hydroxylation is 2. The number of rotatable bonds is 5. The Kier molecular flexibility index (Phi) is 4.29. The van der Waals surface area contributed by atoms with Crippen LogP contribution in [0.1, 0.15) is 11.4 Å². The highest BCUT2D eigenvalue weighted by atomic mass is 16.7. The molecule has 0 saturated carbocycles. The van der Waals surface area contributed by atoms with Gasteiger partial charge >= 0.3 is 0 Å². The molecule has 1 aromatic carbocycles. The smallest absolute Gasteiger partial charge is 0.173 e. The molecule has 1 heterocycles. The lowest BCUT2D eigenvalue weighted by atomic mass is 10.1. The summed E-state index contributed by atoms with van der Waals surface area (Å²) in [6.07, 6.45) is -0.297. The zero-order valence-corrected chi connectivity index (χ0v) is 11.7. The van der Waals surface area contributed by atoms with Crippen LogP contribution in [0.15, 0.2) is 18.2 Å². The Bertz CT molecular complexity index is 568. The molecule has 1 N–H and O–H groups in total. The normalized spacial score (nSPS) is 11.2. The molecule has 0 spiro atoms. The van der Waals surface area contributed by atoms with E-state index >= 15 is 0 Å².